The molecule has 0 aliphatic heterocycles. The van der Waals surface area contributed by atoms with E-state index >= 15 is 0 Å². The van der Waals surface area contributed by atoms with Gasteiger partial charge in [0, 0.05) is 0 Å². The number of hydrogen-bond acceptors (Lipinski definition) is 0. The number of hydrogen-bond donors (Lipinski definition) is 0. The molecule has 174 valence electrons. The Bertz CT molecular complexity index is 1010. The summed E-state index contributed by atoms with van der Waals surface area (Å²) < 4.78 is 3.92. The fraction of sp³-hybridized carbons (Fsp3) is 0.250. The summed E-state index contributed by atoms with van der Waals surface area (Å²) in [6, 6.07) is 43.5. The number of rotatable bonds is 11. The number of benzene rings is 4. The first-order valence-corrected chi connectivity index (χ1v) is 22.7. The first-order valence-electron chi connectivity index (χ1n) is 12.7. The van der Waals surface area contributed by atoms with Gasteiger partial charge in [-0.3, -0.25) is 0 Å². The zero-order valence-electron chi connectivity index (χ0n) is 20.6. The van der Waals surface area contributed by atoms with Gasteiger partial charge in [-0.15, -0.1) is 0 Å². The molecule has 2 atom stereocenters. The maximum absolute atomic E-state index is 2.77. The molecular formula is C32H37PZr. The van der Waals surface area contributed by atoms with Crippen LogP contribution in [0.15, 0.2) is 115 Å². The van der Waals surface area contributed by atoms with Crippen molar-refractivity contribution in [2.45, 2.75) is 44.7 Å². The maximum atomic E-state index is 2.42. The third-order valence-electron chi connectivity index (χ3n) is 6.84. The molecule has 0 amide bonds. The quantitative estimate of drug-likeness (QED) is 0.166. The second-order valence-electron chi connectivity index (χ2n) is 9.47. The zero-order chi connectivity index (χ0) is 23.6. The van der Waals surface area contributed by atoms with Gasteiger partial charge in [0.25, 0.3) is 0 Å². The van der Waals surface area contributed by atoms with Crippen molar-refractivity contribution in [3.05, 3.63) is 143 Å². The molecule has 0 aliphatic carbocycles. The average Bonchev–Trinajstić information content (AvgIpc) is 2.89. The minimum atomic E-state index is -2.77. The van der Waals surface area contributed by atoms with Crippen LogP contribution in [0.4, 0.5) is 0 Å². The third kappa shape index (κ3) is 7.10. The average molecular weight is 544 g/mol. The van der Waals surface area contributed by atoms with E-state index in [4.69, 9.17) is 0 Å². The van der Waals surface area contributed by atoms with E-state index in [0.29, 0.717) is 5.66 Å². The first-order chi connectivity index (χ1) is 16.7. The van der Waals surface area contributed by atoms with Crippen LogP contribution in [0.3, 0.4) is 0 Å². The molecule has 0 nitrogen and oxygen atoms in total. The van der Waals surface area contributed by atoms with Crippen molar-refractivity contribution < 1.29 is 19.7 Å². The van der Waals surface area contributed by atoms with Crippen molar-refractivity contribution in [3.8, 4) is 0 Å². The Kier molecular flexibility index (Phi) is 9.50. The van der Waals surface area contributed by atoms with Gasteiger partial charge in [-0.2, -0.15) is 0 Å². The molecule has 2 heteroatoms. The van der Waals surface area contributed by atoms with E-state index in [1.807, 2.05) is 0 Å². The predicted octanol–water partition coefficient (Wildman–Crippen LogP) is 9.05. The molecule has 0 saturated carbocycles. The second-order valence-corrected chi connectivity index (χ2v) is 27.8. The molecule has 0 aliphatic rings. The van der Waals surface area contributed by atoms with E-state index in [-0.39, 0.29) is 0 Å². The fourth-order valence-electron chi connectivity index (χ4n) is 5.08. The SMILES string of the molecule is CCc1ccc(C(CC)[PH][Zr]([CH2]c2ccccc2)([CH2]c2ccccc2)[CH2]c2ccccc2)cc1. The molecule has 0 fully saturated rings. The van der Waals surface area contributed by atoms with Gasteiger partial charge in [0.15, 0.2) is 0 Å². The van der Waals surface area contributed by atoms with Crippen LogP contribution in [0.1, 0.15) is 53.7 Å². The van der Waals surface area contributed by atoms with Crippen LogP contribution in [-0.2, 0) is 38.5 Å². The number of aryl methyl sites for hydroxylation is 1. The van der Waals surface area contributed by atoms with Gasteiger partial charge in [0.05, 0.1) is 0 Å². The predicted molar refractivity (Wildman–Crippen MR) is 148 cm³/mol. The van der Waals surface area contributed by atoms with Gasteiger partial charge in [-0.1, -0.05) is 0 Å². The van der Waals surface area contributed by atoms with Gasteiger partial charge < -0.3 is 0 Å². The molecule has 0 radical (unpaired) electrons. The minimum absolute atomic E-state index is 0.665. The summed E-state index contributed by atoms with van der Waals surface area (Å²) in [5.74, 6) is 1.05. The van der Waals surface area contributed by atoms with E-state index in [1.54, 1.807) is 5.56 Å². The van der Waals surface area contributed by atoms with Crippen LogP contribution in [0.5, 0.6) is 0 Å². The molecular weight excluding hydrogens is 507 g/mol. The second kappa shape index (κ2) is 12.8. The summed E-state index contributed by atoms with van der Waals surface area (Å²) in [4.78, 5) is 0. The van der Waals surface area contributed by atoms with Crippen LogP contribution >= 0.6 is 5.87 Å². The van der Waals surface area contributed by atoms with E-state index in [9.17, 15) is 0 Å². The van der Waals surface area contributed by atoms with Gasteiger partial charge in [0.2, 0.25) is 0 Å². The van der Waals surface area contributed by atoms with E-state index in [1.165, 1.54) is 41.1 Å². The van der Waals surface area contributed by atoms with Crippen molar-refractivity contribution in [2.75, 3.05) is 0 Å². The molecule has 0 bridgehead atoms. The monoisotopic (exact) mass is 542 g/mol. The van der Waals surface area contributed by atoms with Crippen LogP contribution in [0, 0.1) is 0 Å². The summed E-state index contributed by atoms with van der Waals surface area (Å²) in [7, 11) is 0. The van der Waals surface area contributed by atoms with Gasteiger partial charge in [0.1, 0.15) is 0 Å². The fourth-order valence-corrected chi connectivity index (χ4v) is 29.2. The molecule has 34 heavy (non-hydrogen) atoms. The Balaban J connectivity index is 1.75. The Hall–Kier alpha value is -1.81. The summed E-state index contributed by atoms with van der Waals surface area (Å²) in [6.07, 6.45) is 2.33. The van der Waals surface area contributed by atoms with Crippen molar-refractivity contribution in [2.24, 2.45) is 0 Å². The normalized spacial score (nSPS) is 12.8. The van der Waals surface area contributed by atoms with Crippen molar-refractivity contribution in [1.29, 1.82) is 0 Å². The molecule has 0 heterocycles. The van der Waals surface area contributed by atoms with Crippen LogP contribution in [0.2, 0.25) is 0 Å². The molecule has 4 aromatic rings. The molecule has 4 rings (SSSR count). The standard InChI is InChI=1S/C11H16P.3C7H7.Zr/c1-3-9-5-7-10(8-6-9)11(12)4-2;3*1-7-5-3-2-4-6-7;/h5-8,11-12H,3-4H2,1-2H3;3*2-6H,1H2;/q-1;;;;+1. The van der Waals surface area contributed by atoms with Crippen LogP contribution in [-0.4, -0.2) is 0 Å². The van der Waals surface area contributed by atoms with Crippen LogP contribution in [0.25, 0.3) is 0 Å². The van der Waals surface area contributed by atoms with Gasteiger partial charge in [-0.05, 0) is 0 Å². The summed E-state index contributed by atoms with van der Waals surface area (Å²) in [5, 5.41) is 0. The van der Waals surface area contributed by atoms with Gasteiger partial charge in [-0.25, -0.2) is 0 Å². The Morgan fingerprint density at radius 3 is 1.29 bits per heavy atom. The van der Waals surface area contributed by atoms with Gasteiger partial charge >= 0.3 is 213 Å². The van der Waals surface area contributed by atoms with E-state index in [0.717, 1.165) is 12.3 Å². The zero-order valence-corrected chi connectivity index (χ0v) is 24.0. The van der Waals surface area contributed by atoms with E-state index < -0.39 is 19.7 Å². The van der Waals surface area contributed by atoms with Crippen molar-refractivity contribution in [3.63, 3.8) is 0 Å². The van der Waals surface area contributed by atoms with E-state index in [2.05, 4.69) is 129 Å². The first kappa shape index (κ1) is 25.3. The molecule has 0 spiro atoms. The molecule has 0 saturated heterocycles. The Labute approximate surface area is 212 Å². The van der Waals surface area contributed by atoms with Crippen LogP contribution < -0.4 is 0 Å². The summed E-state index contributed by atoms with van der Waals surface area (Å²) >= 11 is -2.77. The molecule has 2 unspecified atom stereocenters. The van der Waals surface area contributed by atoms with Crippen molar-refractivity contribution in [1.82, 2.24) is 0 Å². The summed E-state index contributed by atoms with van der Waals surface area (Å²) in [5.41, 5.74) is 8.26. The van der Waals surface area contributed by atoms with Crippen molar-refractivity contribution >= 4 is 5.87 Å². The molecule has 0 aromatic heterocycles. The topological polar surface area (TPSA) is 0 Å². The third-order valence-corrected chi connectivity index (χ3v) is 26.8. The summed E-state index contributed by atoms with van der Waals surface area (Å²) in [6.45, 7) is 4.64. The molecule has 0 N–H and O–H groups in total. The Morgan fingerprint density at radius 2 is 0.941 bits per heavy atom. The Morgan fingerprint density at radius 1 is 0.529 bits per heavy atom. The molecule has 4 aromatic carbocycles.